The summed E-state index contributed by atoms with van der Waals surface area (Å²) in [6.07, 6.45) is 0. The van der Waals surface area contributed by atoms with Crippen LogP contribution >= 0.6 is 188 Å². The molecule has 0 amide bonds. The molecule has 0 atom stereocenters. The largest absolute Gasteiger partial charge is 0.420 e. The molecular weight excluding hydrogens is 2000 g/mol. The molecule has 6 N–H and O–H groups in total. The SMILES string of the molecule is CC#N.Cc1ccc(-c2nnc(CCl)o2)cc1.Cc1ccc(-c2nnc(CSc3nnc(-c4ccc(Cl)cc4)n3-c3ccccc3Cl)o2)cc1.NCC(=O)c1ccc(Cl)cc1.O=C(CNC(=S)Nc1ccccc1Cl)c1ccc(Cl)cc1.S=C=Nc1ccccc1Cl.S=c1[nH]nc(-c2ccc(Cl)cc2)n1-c1ccccc1Cl.S=c1[nH]nc(-c2ccc(Cl)cc2)n1-c1ccccc1Cl. The van der Waals surface area contributed by atoms with E-state index in [1.54, 1.807) is 88.0 Å². The number of benzene rings is 12. The highest BCUT2D eigenvalue weighted by atomic mass is 35.5. The van der Waals surface area contributed by atoms with Crippen LogP contribution < -0.4 is 16.4 Å². The molecule has 0 aliphatic rings. The summed E-state index contributed by atoms with van der Waals surface area (Å²) < 4.78 is 17.7. The van der Waals surface area contributed by atoms with Gasteiger partial charge >= 0.3 is 0 Å². The fourth-order valence-corrected chi connectivity index (χ4v) is 14.5. The predicted molar refractivity (Wildman–Crippen MR) is 547 cm³/mol. The number of thioether (sulfide) groups is 1. The first kappa shape index (κ1) is 103. The van der Waals surface area contributed by atoms with Gasteiger partial charge in [-0.05, 0) is 269 Å². The number of aromatic amines is 2. The number of aryl methyl sites for hydroxylation is 2. The number of thiocarbonyl (C=S) groups is 2. The number of Topliss-reactive ketones (excluding diaryl/α,β-unsaturated/α-hetero) is 2. The Kier molecular flexibility index (Phi) is 41.0. The van der Waals surface area contributed by atoms with E-state index in [0.29, 0.717) is 139 Å². The zero-order valence-corrected chi connectivity index (χ0v) is 81.7. The van der Waals surface area contributed by atoms with E-state index in [0.717, 1.165) is 44.9 Å². The minimum Gasteiger partial charge on any atom is -0.420 e. The second kappa shape index (κ2) is 52.7. The predicted octanol–water partition coefficient (Wildman–Crippen LogP) is 28.7. The number of para-hydroxylation sites is 5. The van der Waals surface area contributed by atoms with Crippen molar-refractivity contribution >= 4 is 221 Å². The summed E-state index contributed by atoms with van der Waals surface area (Å²) in [5.74, 6) is 4.53. The highest BCUT2D eigenvalue weighted by Crippen LogP contribution is 2.36. The number of aromatic nitrogens is 13. The molecule has 132 heavy (non-hydrogen) atoms. The van der Waals surface area contributed by atoms with Gasteiger partial charge in [0.1, 0.15) is 5.88 Å². The molecule has 38 heteroatoms. The van der Waals surface area contributed by atoms with Crippen molar-refractivity contribution in [2.45, 2.75) is 37.6 Å². The summed E-state index contributed by atoms with van der Waals surface area (Å²) in [5.41, 5.74) is 16.9. The van der Waals surface area contributed by atoms with Gasteiger partial charge < -0.3 is 25.2 Å². The standard InChI is InChI=1S/C24H17Cl2N5OS.C15H12Cl2N2OS.2C14H9Cl2N3S.C10H9ClN2O.C8H8ClNO.C7H4ClNS.C2H3N/c1-15-6-8-17(9-7-15)23-29-27-21(32-23)14-33-24-30-28-22(16-10-12-18(25)13-11-16)31(24)20-5-3-2-4-19(20)26;16-11-7-5-10(6-8-11)14(20)9-18-15(21)19-13-4-2-1-3-12(13)17;2*15-10-7-5-9(6-8-10)13-17-18-14(20)19(13)12-4-2-1-3-11(12)16;1-7-2-4-8(5-3-7)10-13-12-9(6-11)14-10;9-7-3-1-6(2-4-7)8(11)5-10;8-6-3-1-2-4-7(6)9-5-10;1-2-3/h2-13H,14H2,1H3;1-8H,9H2,(H2,18,19,21);2*1-8H,(H,18,20);2-5H,6H2,1H3;1-4H,5,10H2;1-4H;1H3. The highest BCUT2D eigenvalue weighted by molar-refractivity contribution is 7.98. The number of aliphatic imine (C=N–C) groups is 1. The number of isothiocyanates is 1. The van der Waals surface area contributed by atoms with Gasteiger partial charge in [-0.15, -0.1) is 42.2 Å². The Morgan fingerprint density at radius 3 is 1.22 bits per heavy atom. The van der Waals surface area contributed by atoms with E-state index < -0.39 is 0 Å². The summed E-state index contributed by atoms with van der Waals surface area (Å²) in [6, 6.07) is 90.2. The number of H-pyrrole nitrogens is 2. The average Bonchev–Trinajstić information content (AvgIpc) is 2.07. The Labute approximate surface area is 839 Å². The molecule has 0 unspecified atom stereocenters. The average molecular weight is 2070 g/mol. The second-order valence-corrected chi connectivity index (χ2v) is 33.6. The van der Waals surface area contributed by atoms with Gasteiger partial charge in [-0.3, -0.25) is 33.5 Å². The number of hydrogen-bond donors (Lipinski definition) is 5. The Bertz CT molecular complexity index is 6780. The van der Waals surface area contributed by atoms with Gasteiger partial charge in [0.2, 0.25) is 23.6 Å². The van der Waals surface area contributed by atoms with E-state index in [-0.39, 0.29) is 30.5 Å². The summed E-state index contributed by atoms with van der Waals surface area (Å²) in [5, 5.41) is 61.6. The maximum absolute atomic E-state index is 12.0. The molecule has 0 aliphatic carbocycles. The minimum atomic E-state index is -0.0741. The maximum Gasteiger partial charge on any atom is 0.247 e. The fraction of sp³-hybridized carbons (Fsp3) is 0.0745. The summed E-state index contributed by atoms with van der Waals surface area (Å²) in [7, 11) is 0. The Hall–Kier alpha value is -11.4. The molecular formula is C94H71Cl11N18O4S5. The first-order valence-corrected chi connectivity index (χ1v) is 45.7. The highest BCUT2D eigenvalue weighted by Gasteiger charge is 2.22. The Morgan fingerprint density at radius 2 is 0.818 bits per heavy atom. The van der Waals surface area contributed by atoms with Crippen LogP contribution in [0.3, 0.4) is 0 Å². The van der Waals surface area contributed by atoms with E-state index in [9.17, 15) is 9.59 Å². The number of anilines is 1. The van der Waals surface area contributed by atoms with Crippen LogP contribution in [0.1, 0.15) is 50.5 Å². The molecule has 17 aromatic rings. The number of ketones is 2. The molecule has 0 radical (unpaired) electrons. The second-order valence-electron chi connectivity index (χ2n) is 26.8. The van der Waals surface area contributed by atoms with Gasteiger partial charge in [-0.2, -0.15) is 20.5 Å². The van der Waals surface area contributed by atoms with Crippen LogP contribution in [0.15, 0.2) is 310 Å². The van der Waals surface area contributed by atoms with Crippen LogP contribution in [0.25, 0.3) is 74.1 Å². The number of hydrogen-bond acceptors (Lipinski definition) is 20. The molecule has 5 heterocycles. The molecule has 0 bridgehead atoms. The molecule has 0 fully saturated rings. The molecule has 0 aliphatic heterocycles. The van der Waals surface area contributed by atoms with E-state index in [1.807, 2.05) is 237 Å². The third-order valence-electron chi connectivity index (χ3n) is 17.6. The van der Waals surface area contributed by atoms with Crippen molar-refractivity contribution in [2.24, 2.45) is 10.7 Å². The third kappa shape index (κ3) is 30.6. The van der Waals surface area contributed by atoms with Crippen molar-refractivity contribution in [1.29, 1.82) is 5.26 Å². The molecule has 12 aromatic carbocycles. The minimum absolute atomic E-state index is 0.0433. The normalized spacial score (nSPS) is 10.2. The first-order chi connectivity index (χ1) is 63.8. The van der Waals surface area contributed by atoms with Crippen molar-refractivity contribution in [3.8, 4) is 80.2 Å². The van der Waals surface area contributed by atoms with E-state index in [2.05, 4.69) is 84.0 Å². The zero-order chi connectivity index (χ0) is 94.6. The number of nitrogens with one attached hydrogen (secondary N) is 4. The summed E-state index contributed by atoms with van der Waals surface area (Å²) >= 11 is 87.2. The number of rotatable bonds is 19. The van der Waals surface area contributed by atoms with Gasteiger partial charge in [-0.25, -0.2) is 0 Å². The van der Waals surface area contributed by atoms with Gasteiger partial charge in [0, 0.05) is 71.0 Å². The number of carbonyl (C=O) groups excluding carboxylic acids is 2. The van der Waals surface area contributed by atoms with Gasteiger partial charge in [-0.1, -0.05) is 224 Å². The van der Waals surface area contributed by atoms with E-state index >= 15 is 0 Å². The zero-order valence-electron chi connectivity index (χ0n) is 69.3. The van der Waals surface area contributed by atoms with Gasteiger partial charge in [0.25, 0.3) is 0 Å². The van der Waals surface area contributed by atoms with Crippen LogP contribution in [0.2, 0.25) is 50.2 Å². The van der Waals surface area contributed by atoms with Crippen molar-refractivity contribution in [3.05, 3.63) is 385 Å². The summed E-state index contributed by atoms with van der Waals surface area (Å²) in [4.78, 5) is 26.7. The van der Waals surface area contributed by atoms with Gasteiger partial charge in [0.05, 0.1) is 83.6 Å². The topological polar surface area (TPSA) is 296 Å². The first-order valence-electron chi connectivity index (χ1n) is 38.8. The molecule has 22 nitrogen and oxygen atoms in total. The number of nitrogens with two attached hydrogens (primary N) is 1. The number of carbonyl (C=O) groups is 2. The molecule has 668 valence electrons. The van der Waals surface area contributed by atoms with Crippen molar-refractivity contribution in [2.75, 3.05) is 18.4 Å². The Balaban J connectivity index is 0.000000164. The van der Waals surface area contributed by atoms with Crippen molar-refractivity contribution < 1.29 is 18.4 Å². The van der Waals surface area contributed by atoms with Crippen LogP contribution in [-0.2, 0) is 11.6 Å². The monoisotopic (exact) mass is 2060 g/mol. The van der Waals surface area contributed by atoms with Gasteiger partial charge in [0.15, 0.2) is 48.9 Å². The van der Waals surface area contributed by atoms with Crippen LogP contribution in [0.5, 0.6) is 0 Å². The molecule has 17 rings (SSSR count). The maximum atomic E-state index is 12.0. The molecule has 0 spiro atoms. The van der Waals surface area contributed by atoms with E-state index in [1.165, 1.54) is 29.8 Å². The smallest absolute Gasteiger partial charge is 0.247 e. The van der Waals surface area contributed by atoms with Crippen molar-refractivity contribution in [3.63, 3.8) is 0 Å². The summed E-state index contributed by atoms with van der Waals surface area (Å²) in [6.45, 7) is 5.63. The van der Waals surface area contributed by atoms with Crippen LogP contribution in [0, 0.1) is 34.7 Å². The lowest BCUT2D eigenvalue weighted by Gasteiger charge is -2.11. The van der Waals surface area contributed by atoms with E-state index in [4.69, 9.17) is 184 Å². The quantitative estimate of drug-likeness (QED) is 0.0165. The number of alkyl halides is 1. The molecule has 0 saturated carbocycles. The third-order valence-corrected chi connectivity index (χ3v) is 22.5. The number of nitrogens with zero attached hydrogens (tertiary/aromatic N) is 13. The fourth-order valence-electron chi connectivity index (χ4n) is 11.2. The van der Waals surface area contributed by atoms with Crippen molar-refractivity contribution in [1.82, 2.24) is 70.0 Å². The lowest BCUT2D eigenvalue weighted by Crippen LogP contribution is -2.33. The lowest BCUT2D eigenvalue weighted by molar-refractivity contribution is 0.0991. The Morgan fingerprint density at radius 1 is 0.455 bits per heavy atom. The molecule has 0 saturated heterocycles. The number of nitriles is 1. The lowest BCUT2D eigenvalue weighted by atomic mass is 10.1. The van der Waals surface area contributed by atoms with Crippen LogP contribution in [0.4, 0.5) is 11.4 Å². The number of halogens is 11. The van der Waals surface area contributed by atoms with Crippen LogP contribution in [-0.4, -0.2) is 99.6 Å². The molecule has 5 aromatic heterocycles.